The molecule has 124 valence electrons. The second-order valence-electron chi connectivity index (χ2n) is 4.75. The van der Waals surface area contributed by atoms with E-state index in [1.54, 1.807) is 0 Å². The lowest BCUT2D eigenvalue weighted by atomic mass is 10.1. The molecule has 0 saturated heterocycles. The Morgan fingerprint density at radius 1 is 1.26 bits per heavy atom. The largest absolute Gasteiger partial charge is 0.321 e. The maximum Gasteiger partial charge on any atom is 0.265 e. The van der Waals surface area contributed by atoms with Crippen molar-refractivity contribution >= 4 is 33.0 Å². The van der Waals surface area contributed by atoms with Gasteiger partial charge in [0.1, 0.15) is 0 Å². The summed E-state index contributed by atoms with van der Waals surface area (Å²) >= 11 is 1.10. The Morgan fingerprint density at radius 2 is 2.00 bits per heavy atom. The van der Waals surface area contributed by atoms with Crippen molar-refractivity contribution in [2.75, 3.05) is 18.9 Å². The van der Waals surface area contributed by atoms with Gasteiger partial charge in [0.05, 0.1) is 9.77 Å². The zero-order valence-corrected chi connectivity index (χ0v) is 14.6. The van der Waals surface area contributed by atoms with Gasteiger partial charge in [-0.1, -0.05) is 25.1 Å². The summed E-state index contributed by atoms with van der Waals surface area (Å²) in [6.07, 6.45) is 0. The van der Waals surface area contributed by atoms with Gasteiger partial charge in [-0.3, -0.25) is 4.79 Å². The van der Waals surface area contributed by atoms with Gasteiger partial charge < -0.3 is 10.6 Å². The van der Waals surface area contributed by atoms with Crippen LogP contribution in [0.4, 0.5) is 5.69 Å². The molecule has 8 heteroatoms. The van der Waals surface area contributed by atoms with Crippen molar-refractivity contribution in [1.82, 2.24) is 10.0 Å². The van der Waals surface area contributed by atoms with E-state index in [9.17, 15) is 13.2 Å². The van der Waals surface area contributed by atoms with Crippen molar-refractivity contribution in [2.45, 2.75) is 18.4 Å². The zero-order valence-electron chi connectivity index (χ0n) is 12.9. The van der Waals surface area contributed by atoms with E-state index in [4.69, 9.17) is 0 Å². The second-order valence-corrected chi connectivity index (χ2v) is 7.54. The molecule has 23 heavy (non-hydrogen) atoms. The van der Waals surface area contributed by atoms with Crippen molar-refractivity contribution in [3.05, 3.63) is 46.2 Å². The number of sulfonamides is 1. The van der Waals surface area contributed by atoms with Gasteiger partial charge >= 0.3 is 0 Å². The highest BCUT2D eigenvalue weighted by molar-refractivity contribution is 7.89. The van der Waals surface area contributed by atoms with Crippen molar-refractivity contribution in [3.8, 4) is 0 Å². The van der Waals surface area contributed by atoms with Crippen LogP contribution in [0.2, 0.25) is 0 Å². The van der Waals surface area contributed by atoms with Crippen molar-refractivity contribution in [3.63, 3.8) is 0 Å². The third kappa shape index (κ3) is 4.38. The number of anilines is 1. The highest BCUT2D eigenvalue weighted by Crippen LogP contribution is 2.22. The van der Waals surface area contributed by atoms with Gasteiger partial charge in [0, 0.05) is 17.6 Å². The molecule has 1 amide bonds. The van der Waals surface area contributed by atoms with E-state index in [1.807, 2.05) is 31.2 Å². The number of benzene rings is 1. The fourth-order valence-electron chi connectivity index (χ4n) is 1.94. The fourth-order valence-corrected chi connectivity index (χ4v) is 3.84. The SMILES string of the molecule is CCNCc1ccccc1NC(=O)c1cc(S(=O)(=O)NC)cs1. The van der Waals surface area contributed by atoms with E-state index in [-0.39, 0.29) is 10.8 Å². The summed E-state index contributed by atoms with van der Waals surface area (Å²) in [6, 6.07) is 8.88. The summed E-state index contributed by atoms with van der Waals surface area (Å²) in [7, 11) is -2.20. The number of carbonyl (C=O) groups excluding carboxylic acids is 1. The fraction of sp³-hybridized carbons (Fsp3) is 0.267. The molecule has 0 unspecified atom stereocenters. The van der Waals surface area contributed by atoms with Gasteiger partial charge in [-0.2, -0.15) is 0 Å². The first kappa shape index (κ1) is 17.6. The summed E-state index contributed by atoms with van der Waals surface area (Å²) in [4.78, 5) is 12.8. The molecule has 0 aliphatic heterocycles. The Balaban J connectivity index is 2.17. The standard InChI is InChI=1S/C15H19N3O3S2/c1-3-17-9-11-6-4-5-7-13(11)18-15(19)14-8-12(10-22-14)23(20,21)16-2/h4-8,10,16-17H,3,9H2,1-2H3,(H,18,19). The first-order valence-corrected chi connectivity index (χ1v) is 9.46. The molecule has 2 rings (SSSR count). The van der Waals surface area contributed by atoms with Gasteiger partial charge in [-0.05, 0) is 31.3 Å². The van der Waals surface area contributed by atoms with Crippen LogP contribution in [-0.2, 0) is 16.6 Å². The van der Waals surface area contributed by atoms with E-state index < -0.39 is 10.0 Å². The Hall–Kier alpha value is -1.74. The highest BCUT2D eigenvalue weighted by Gasteiger charge is 2.17. The van der Waals surface area contributed by atoms with Gasteiger partial charge in [-0.25, -0.2) is 13.1 Å². The smallest absolute Gasteiger partial charge is 0.265 e. The van der Waals surface area contributed by atoms with Crippen LogP contribution in [0.5, 0.6) is 0 Å². The molecule has 1 heterocycles. The number of para-hydroxylation sites is 1. The average Bonchev–Trinajstić information content (AvgIpc) is 3.05. The van der Waals surface area contributed by atoms with Crippen molar-refractivity contribution in [2.24, 2.45) is 0 Å². The minimum absolute atomic E-state index is 0.0936. The average molecular weight is 353 g/mol. The van der Waals surface area contributed by atoms with Crippen LogP contribution in [0, 0.1) is 0 Å². The minimum Gasteiger partial charge on any atom is -0.321 e. The summed E-state index contributed by atoms with van der Waals surface area (Å²) in [5.41, 5.74) is 1.69. The quantitative estimate of drug-likeness (QED) is 0.711. The Bertz CT molecular complexity index is 785. The number of carbonyl (C=O) groups is 1. The maximum atomic E-state index is 12.3. The molecule has 0 fully saturated rings. The third-order valence-corrected chi connectivity index (χ3v) is 5.68. The van der Waals surface area contributed by atoms with E-state index in [0.29, 0.717) is 17.1 Å². The molecule has 6 nitrogen and oxygen atoms in total. The monoisotopic (exact) mass is 353 g/mol. The van der Waals surface area contributed by atoms with Gasteiger partial charge in [0.25, 0.3) is 5.91 Å². The van der Waals surface area contributed by atoms with Crippen LogP contribution in [0.15, 0.2) is 40.6 Å². The van der Waals surface area contributed by atoms with Gasteiger partial charge in [0.15, 0.2) is 0 Å². The Kier molecular flexibility index (Phi) is 5.89. The molecule has 0 atom stereocenters. The van der Waals surface area contributed by atoms with E-state index in [0.717, 1.165) is 23.4 Å². The summed E-state index contributed by atoms with van der Waals surface area (Å²) < 4.78 is 25.7. The maximum absolute atomic E-state index is 12.3. The number of hydrogen-bond acceptors (Lipinski definition) is 5. The van der Waals surface area contributed by atoms with Crippen LogP contribution in [-0.4, -0.2) is 27.9 Å². The molecule has 3 N–H and O–H groups in total. The number of hydrogen-bond donors (Lipinski definition) is 3. The van der Waals surface area contributed by atoms with Crippen LogP contribution < -0.4 is 15.4 Å². The van der Waals surface area contributed by atoms with Gasteiger partial charge in [0.2, 0.25) is 10.0 Å². The summed E-state index contributed by atoms with van der Waals surface area (Å²) in [5, 5.41) is 7.50. The number of rotatable bonds is 7. The lowest BCUT2D eigenvalue weighted by Gasteiger charge is -2.10. The lowest BCUT2D eigenvalue weighted by Crippen LogP contribution is -2.18. The Morgan fingerprint density at radius 3 is 2.70 bits per heavy atom. The molecule has 0 aliphatic rings. The first-order chi connectivity index (χ1) is 11.0. The van der Waals surface area contributed by atoms with Crippen molar-refractivity contribution in [1.29, 1.82) is 0 Å². The molecular weight excluding hydrogens is 334 g/mol. The summed E-state index contributed by atoms with van der Waals surface area (Å²) in [6.45, 7) is 3.49. The molecule has 0 bridgehead atoms. The van der Waals surface area contributed by atoms with Crippen LogP contribution in [0.25, 0.3) is 0 Å². The normalized spacial score (nSPS) is 11.4. The van der Waals surface area contributed by atoms with E-state index in [2.05, 4.69) is 15.4 Å². The van der Waals surface area contributed by atoms with Crippen LogP contribution in [0.1, 0.15) is 22.2 Å². The third-order valence-electron chi connectivity index (χ3n) is 3.21. The summed E-state index contributed by atoms with van der Waals surface area (Å²) in [5.74, 6) is -0.323. The predicted octanol–water partition coefficient (Wildman–Crippen LogP) is 2.02. The molecular formula is C15H19N3O3S2. The van der Waals surface area contributed by atoms with E-state index in [1.165, 1.54) is 18.5 Å². The molecule has 1 aromatic carbocycles. The molecule has 0 aliphatic carbocycles. The van der Waals surface area contributed by atoms with Gasteiger partial charge in [-0.15, -0.1) is 11.3 Å². The molecule has 0 saturated carbocycles. The topological polar surface area (TPSA) is 87.3 Å². The number of nitrogens with one attached hydrogen (secondary N) is 3. The second kappa shape index (κ2) is 7.69. The number of thiophene rings is 1. The molecule has 0 spiro atoms. The predicted molar refractivity (Wildman–Crippen MR) is 92.3 cm³/mol. The molecule has 0 radical (unpaired) electrons. The van der Waals surface area contributed by atoms with Crippen molar-refractivity contribution < 1.29 is 13.2 Å². The number of amides is 1. The molecule has 2 aromatic rings. The van der Waals surface area contributed by atoms with Crippen LogP contribution in [0.3, 0.4) is 0 Å². The minimum atomic E-state index is -3.53. The van der Waals surface area contributed by atoms with E-state index >= 15 is 0 Å². The van der Waals surface area contributed by atoms with Crippen LogP contribution >= 0.6 is 11.3 Å². The lowest BCUT2D eigenvalue weighted by molar-refractivity contribution is 0.103. The highest BCUT2D eigenvalue weighted by atomic mass is 32.2. The molecule has 1 aromatic heterocycles. The first-order valence-electron chi connectivity index (χ1n) is 7.10. The zero-order chi connectivity index (χ0) is 16.9. The Labute approximate surface area is 140 Å².